The van der Waals surface area contributed by atoms with Crippen LogP contribution in [0.15, 0.2) is 24.5 Å². The number of nitrogens with zero attached hydrogens (tertiary/aromatic N) is 2. The fraction of sp³-hybridized carbons (Fsp3) is 0.167. The molecule has 0 atom stereocenters. The topological polar surface area (TPSA) is 70.3 Å². The van der Waals surface area contributed by atoms with Gasteiger partial charge in [0.25, 0.3) is 5.88 Å². The van der Waals surface area contributed by atoms with Crippen molar-refractivity contribution in [1.29, 1.82) is 0 Å². The molecule has 1 aromatic carbocycles. The van der Waals surface area contributed by atoms with Crippen LogP contribution in [0.2, 0.25) is 0 Å². The van der Waals surface area contributed by atoms with Gasteiger partial charge in [-0.1, -0.05) is 0 Å². The predicted molar refractivity (Wildman–Crippen MR) is 64.2 cm³/mol. The van der Waals surface area contributed by atoms with Crippen LogP contribution in [0.25, 0.3) is 0 Å². The predicted octanol–water partition coefficient (Wildman–Crippen LogP) is 2.31. The van der Waals surface area contributed by atoms with Crippen LogP contribution in [-0.2, 0) is 0 Å². The van der Waals surface area contributed by atoms with Gasteiger partial charge in [-0.05, 0) is 19.1 Å². The fourth-order valence-electron chi connectivity index (χ4n) is 1.38. The van der Waals surface area contributed by atoms with E-state index in [-0.39, 0.29) is 11.6 Å². The second-order valence-corrected chi connectivity index (χ2v) is 3.59. The van der Waals surface area contributed by atoms with E-state index in [9.17, 15) is 4.39 Å². The summed E-state index contributed by atoms with van der Waals surface area (Å²) in [6.07, 6.45) is 1.23. The molecule has 0 unspecified atom stereocenters. The van der Waals surface area contributed by atoms with Gasteiger partial charge in [0.2, 0.25) is 5.82 Å². The Bertz CT molecular complexity index is 575. The fourth-order valence-corrected chi connectivity index (χ4v) is 1.38. The summed E-state index contributed by atoms with van der Waals surface area (Å²) in [6, 6.07) is 4.83. The van der Waals surface area contributed by atoms with E-state index >= 15 is 0 Å². The molecule has 0 fully saturated rings. The van der Waals surface area contributed by atoms with Crippen LogP contribution in [0.1, 0.15) is 5.69 Å². The van der Waals surface area contributed by atoms with Crippen molar-refractivity contribution in [3.8, 4) is 17.4 Å². The number of ether oxygens (including phenoxy) is 2. The molecule has 6 heteroatoms. The highest BCUT2D eigenvalue weighted by Crippen LogP contribution is 2.33. The first kappa shape index (κ1) is 12.1. The van der Waals surface area contributed by atoms with Crippen molar-refractivity contribution in [2.75, 3.05) is 12.8 Å². The second-order valence-electron chi connectivity index (χ2n) is 3.59. The van der Waals surface area contributed by atoms with Crippen LogP contribution in [0, 0.1) is 12.7 Å². The Labute approximate surface area is 103 Å². The number of anilines is 1. The third-order valence-electron chi connectivity index (χ3n) is 2.33. The lowest BCUT2D eigenvalue weighted by Crippen LogP contribution is -1.99. The Morgan fingerprint density at radius 2 is 2.00 bits per heavy atom. The summed E-state index contributed by atoms with van der Waals surface area (Å²) in [5.41, 5.74) is 6.34. The molecule has 0 radical (unpaired) electrons. The molecule has 2 aromatic rings. The molecule has 0 aliphatic rings. The molecule has 0 spiro atoms. The van der Waals surface area contributed by atoms with Gasteiger partial charge < -0.3 is 15.2 Å². The molecule has 1 aromatic heterocycles. The largest absolute Gasteiger partial charge is 0.493 e. The molecular formula is C12H12FN3O2. The minimum atomic E-state index is -0.609. The van der Waals surface area contributed by atoms with Crippen molar-refractivity contribution in [3.63, 3.8) is 0 Å². The van der Waals surface area contributed by atoms with Gasteiger partial charge in [0.05, 0.1) is 12.8 Å². The number of nitrogen functional groups attached to an aromatic ring is 1. The molecule has 0 saturated carbocycles. The summed E-state index contributed by atoms with van der Waals surface area (Å²) in [7, 11) is 1.49. The van der Waals surface area contributed by atoms with E-state index < -0.39 is 5.82 Å². The van der Waals surface area contributed by atoms with Gasteiger partial charge in [-0.15, -0.1) is 0 Å². The maximum absolute atomic E-state index is 13.7. The van der Waals surface area contributed by atoms with Crippen molar-refractivity contribution < 1.29 is 13.9 Å². The third kappa shape index (κ3) is 2.32. The molecule has 2 N–H and O–H groups in total. The average molecular weight is 249 g/mol. The Hall–Kier alpha value is -2.37. The summed E-state index contributed by atoms with van der Waals surface area (Å²) in [5, 5.41) is 0. The SMILES string of the molecule is COc1ccc(N)cc1Oc1ncnc(C)c1F. The maximum atomic E-state index is 13.7. The van der Waals surface area contributed by atoms with Gasteiger partial charge in [-0.3, -0.25) is 0 Å². The number of hydrogen-bond acceptors (Lipinski definition) is 5. The minimum absolute atomic E-state index is 0.161. The maximum Gasteiger partial charge on any atom is 0.259 e. The van der Waals surface area contributed by atoms with Crippen molar-refractivity contribution in [3.05, 3.63) is 36.0 Å². The number of aromatic nitrogens is 2. The zero-order chi connectivity index (χ0) is 13.1. The van der Waals surface area contributed by atoms with Gasteiger partial charge >= 0.3 is 0 Å². The van der Waals surface area contributed by atoms with E-state index in [0.29, 0.717) is 17.2 Å². The van der Waals surface area contributed by atoms with E-state index in [1.54, 1.807) is 12.1 Å². The normalized spacial score (nSPS) is 10.2. The number of halogens is 1. The van der Waals surface area contributed by atoms with Gasteiger partial charge in [-0.2, -0.15) is 9.37 Å². The summed E-state index contributed by atoms with van der Waals surface area (Å²) >= 11 is 0. The molecule has 18 heavy (non-hydrogen) atoms. The lowest BCUT2D eigenvalue weighted by atomic mass is 10.3. The van der Waals surface area contributed by atoms with E-state index in [0.717, 1.165) is 0 Å². The Morgan fingerprint density at radius 3 is 2.72 bits per heavy atom. The Morgan fingerprint density at radius 1 is 1.22 bits per heavy atom. The number of methoxy groups -OCH3 is 1. The molecule has 5 nitrogen and oxygen atoms in total. The van der Waals surface area contributed by atoms with E-state index in [2.05, 4.69) is 9.97 Å². The van der Waals surface area contributed by atoms with Crippen LogP contribution in [0.4, 0.5) is 10.1 Å². The lowest BCUT2D eigenvalue weighted by molar-refractivity contribution is 0.362. The highest BCUT2D eigenvalue weighted by atomic mass is 19.1. The molecule has 0 aliphatic carbocycles. The highest BCUT2D eigenvalue weighted by Gasteiger charge is 2.13. The zero-order valence-electron chi connectivity index (χ0n) is 9.98. The first-order chi connectivity index (χ1) is 8.61. The van der Waals surface area contributed by atoms with E-state index in [4.69, 9.17) is 15.2 Å². The Balaban J connectivity index is 2.39. The standard InChI is InChI=1S/C12H12FN3O2/c1-7-11(13)12(16-6-15-7)18-10-5-8(14)3-4-9(10)17-2/h3-6H,14H2,1-2H3. The molecule has 0 aliphatic heterocycles. The van der Waals surface area contributed by atoms with Gasteiger partial charge in [0.15, 0.2) is 11.5 Å². The van der Waals surface area contributed by atoms with Crippen molar-refractivity contribution in [2.45, 2.75) is 6.92 Å². The molecule has 0 bridgehead atoms. The first-order valence-electron chi connectivity index (χ1n) is 5.20. The highest BCUT2D eigenvalue weighted by molar-refractivity contribution is 5.52. The molecule has 0 amide bonds. The summed E-state index contributed by atoms with van der Waals surface area (Å²) in [5.74, 6) is -0.0252. The molecule has 2 rings (SSSR count). The number of hydrogen-bond donors (Lipinski definition) is 1. The average Bonchev–Trinajstić information content (AvgIpc) is 2.35. The third-order valence-corrected chi connectivity index (χ3v) is 2.33. The van der Waals surface area contributed by atoms with Gasteiger partial charge in [0.1, 0.15) is 6.33 Å². The number of benzene rings is 1. The molecule has 94 valence electrons. The second kappa shape index (κ2) is 4.87. The van der Waals surface area contributed by atoms with Crippen molar-refractivity contribution >= 4 is 5.69 Å². The number of rotatable bonds is 3. The summed E-state index contributed by atoms with van der Waals surface area (Å²) in [6.45, 7) is 1.53. The Kier molecular flexibility index (Phi) is 3.27. The van der Waals surface area contributed by atoms with Crippen molar-refractivity contribution in [1.82, 2.24) is 9.97 Å². The summed E-state index contributed by atoms with van der Waals surface area (Å²) < 4.78 is 24.2. The zero-order valence-corrected chi connectivity index (χ0v) is 9.98. The summed E-state index contributed by atoms with van der Waals surface area (Å²) in [4.78, 5) is 7.45. The van der Waals surface area contributed by atoms with Crippen LogP contribution in [0.5, 0.6) is 17.4 Å². The van der Waals surface area contributed by atoms with Gasteiger partial charge in [0, 0.05) is 11.8 Å². The number of aryl methyl sites for hydroxylation is 1. The van der Waals surface area contributed by atoms with Crippen LogP contribution in [0.3, 0.4) is 0 Å². The minimum Gasteiger partial charge on any atom is -0.493 e. The van der Waals surface area contributed by atoms with Crippen LogP contribution < -0.4 is 15.2 Å². The molecule has 0 saturated heterocycles. The quantitative estimate of drug-likeness (QED) is 0.845. The van der Waals surface area contributed by atoms with Crippen LogP contribution >= 0.6 is 0 Å². The van der Waals surface area contributed by atoms with E-state index in [1.165, 1.54) is 26.4 Å². The van der Waals surface area contributed by atoms with E-state index in [1.807, 2.05) is 0 Å². The van der Waals surface area contributed by atoms with Crippen LogP contribution in [-0.4, -0.2) is 17.1 Å². The monoisotopic (exact) mass is 249 g/mol. The van der Waals surface area contributed by atoms with Gasteiger partial charge in [-0.25, -0.2) is 4.98 Å². The first-order valence-corrected chi connectivity index (χ1v) is 5.20. The molecule has 1 heterocycles. The molecular weight excluding hydrogens is 237 g/mol. The van der Waals surface area contributed by atoms with Crippen molar-refractivity contribution in [2.24, 2.45) is 0 Å². The smallest absolute Gasteiger partial charge is 0.259 e. The number of nitrogens with two attached hydrogens (primary N) is 1. The lowest BCUT2D eigenvalue weighted by Gasteiger charge is -2.10.